The minimum atomic E-state index is -0.318. The Morgan fingerprint density at radius 2 is 1.88 bits per heavy atom. The van der Waals surface area contributed by atoms with Crippen LogP contribution in [0.3, 0.4) is 0 Å². The molecular formula is C14H15NO2. The van der Waals surface area contributed by atoms with Crippen LogP contribution in [0.2, 0.25) is 0 Å². The number of esters is 1. The maximum atomic E-state index is 11.1. The summed E-state index contributed by atoms with van der Waals surface area (Å²) >= 11 is 0. The number of nitrogens with zero attached hydrogens (tertiary/aromatic N) is 1. The molecule has 17 heavy (non-hydrogen) atoms. The Balaban J connectivity index is 2.80. The van der Waals surface area contributed by atoms with Gasteiger partial charge in [-0.3, -0.25) is 4.79 Å². The van der Waals surface area contributed by atoms with Crippen molar-refractivity contribution in [3.05, 3.63) is 35.0 Å². The van der Waals surface area contributed by atoms with Crippen LogP contribution < -0.4 is 4.74 Å². The van der Waals surface area contributed by atoms with Crippen LogP contribution in [0.25, 0.3) is 10.9 Å². The van der Waals surface area contributed by atoms with Crippen LogP contribution in [0.15, 0.2) is 18.2 Å². The lowest BCUT2D eigenvalue weighted by molar-refractivity contribution is -0.131. The van der Waals surface area contributed by atoms with Crippen LogP contribution in [-0.4, -0.2) is 11.0 Å². The fourth-order valence-electron chi connectivity index (χ4n) is 1.98. The fourth-order valence-corrected chi connectivity index (χ4v) is 1.98. The first-order chi connectivity index (χ1) is 7.99. The van der Waals surface area contributed by atoms with Gasteiger partial charge in [0, 0.05) is 18.0 Å². The lowest BCUT2D eigenvalue weighted by Crippen LogP contribution is -2.04. The molecule has 0 saturated carbocycles. The fraction of sp³-hybridized carbons (Fsp3) is 0.286. The van der Waals surface area contributed by atoms with E-state index in [1.807, 2.05) is 39.0 Å². The number of fused-ring (bicyclic) bond motifs is 1. The number of carbonyl (C=O) groups excluding carboxylic acids is 1. The second-order valence-corrected chi connectivity index (χ2v) is 4.28. The van der Waals surface area contributed by atoms with Gasteiger partial charge in [0.2, 0.25) is 0 Å². The van der Waals surface area contributed by atoms with Gasteiger partial charge in [-0.1, -0.05) is 12.1 Å². The van der Waals surface area contributed by atoms with E-state index in [-0.39, 0.29) is 5.97 Å². The first kappa shape index (κ1) is 11.6. The lowest BCUT2D eigenvalue weighted by atomic mass is 10.0. The highest BCUT2D eigenvalue weighted by Gasteiger charge is 2.12. The Morgan fingerprint density at radius 1 is 1.18 bits per heavy atom. The molecule has 1 heterocycles. The number of rotatable bonds is 1. The molecule has 0 aliphatic heterocycles. The Kier molecular flexibility index (Phi) is 2.84. The van der Waals surface area contributed by atoms with Crippen LogP contribution in [0.1, 0.15) is 23.7 Å². The van der Waals surface area contributed by atoms with E-state index in [1.54, 1.807) is 0 Å². The predicted octanol–water partition coefficient (Wildman–Crippen LogP) is 3.09. The molecule has 0 amide bonds. The van der Waals surface area contributed by atoms with E-state index in [4.69, 9.17) is 4.74 Å². The van der Waals surface area contributed by atoms with E-state index >= 15 is 0 Å². The molecule has 3 nitrogen and oxygen atoms in total. The highest BCUT2D eigenvalue weighted by Crippen LogP contribution is 2.31. The minimum absolute atomic E-state index is 0.318. The largest absolute Gasteiger partial charge is 0.424 e. The first-order valence-corrected chi connectivity index (χ1v) is 5.55. The third-order valence-corrected chi connectivity index (χ3v) is 2.71. The van der Waals surface area contributed by atoms with Gasteiger partial charge in [0.1, 0.15) is 5.52 Å². The quantitative estimate of drug-likeness (QED) is 0.557. The summed E-state index contributed by atoms with van der Waals surface area (Å²) in [4.78, 5) is 15.6. The molecule has 0 spiro atoms. The number of carbonyl (C=O) groups is 1. The molecule has 0 atom stereocenters. The SMILES string of the molecule is CC(=O)Oc1c(C)cc(C)c2ccc(C)nc12. The van der Waals surface area contributed by atoms with Gasteiger partial charge in [0.05, 0.1) is 0 Å². The molecule has 0 N–H and O–H groups in total. The van der Waals surface area contributed by atoms with E-state index in [0.717, 1.165) is 27.7 Å². The highest BCUT2D eigenvalue weighted by atomic mass is 16.5. The maximum absolute atomic E-state index is 11.1. The molecule has 88 valence electrons. The average Bonchev–Trinajstić information content (AvgIpc) is 2.23. The summed E-state index contributed by atoms with van der Waals surface area (Å²) in [6, 6.07) is 5.99. The van der Waals surface area contributed by atoms with Crippen molar-refractivity contribution in [1.29, 1.82) is 0 Å². The van der Waals surface area contributed by atoms with Gasteiger partial charge in [-0.25, -0.2) is 4.98 Å². The summed E-state index contributed by atoms with van der Waals surface area (Å²) in [7, 11) is 0. The molecule has 3 heteroatoms. The van der Waals surface area contributed by atoms with Crippen LogP contribution in [0.5, 0.6) is 5.75 Å². The van der Waals surface area contributed by atoms with Gasteiger partial charge < -0.3 is 4.74 Å². The van der Waals surface area contributed by atoms with Gasteiger partial charge in [0.15, 0.2) is 5.75 Å². The number of benzene rings is 1. The van der Waals surface area contributed by atoms with Gasteiger partial charge in [-0.2, -0.15) is 0 Å². The second-order valence-electron chi connectivity index (χ2n) is 4.28. The lowest BCUT2D eigenvalue weighted by Gasteiger charge is -2.11. The Labute approximate surface area is 100 Å². The summed E-state index contributed by atoms with van der Waals surface area (Å²) in [5.74, 6) is 0.253. The van der Waals surface area contributed by atoms with Crippen LogP contribution in [-0.2, 0) is 4.79 Å². The summed E-state index contributed by atoms with van der Waals surface area (Å²) in [5.41, 5.74) is 3.75. The monoisotopic (exact) mass is 229 g/mol. The van der Waals surface area contributed by atoms with Crippen LogP contribution in [0, 0.1) is 20.8 Å². The second kappa shape index (κ2) is 4.17. The summed E-state index contributed by atoms with van der Waals surface area (Å²) < 4.78 is 5.27. The van der Waals surface area contributed by atoms with E-state index in [0.29, 0.717) is 5.75 Å². The molecule has 0 saturated heterocycles. The maximum Gasteiger partial charge on any atom is 0.308 e. The van der Waals surface area contributed by atoms with Crippen molar-refractivity contribution in [3.8, 4) is 5.75 Å². The number of ether oxygens (including phenoxy) is 1. The predicted molar refractivity (Wildman–Crippen MR) is 67.3 cm³/mol. The van der Waals surface area contributed by atoms with Crippen molar-refractivity contribution >= 4 is 16.9 Å². The van der Waals surface area contributed by atoms with Crippen LogP contribution in [0.4, 0.5) is 0 Å². The third kappa shape index (κ3) is 2.13. The smallest absolute Gasteiger partial charge is 0.308 e. The number of aryl methyl sites for hydroxylation is 3. The molecule has 2 aromatic rings. The molecule has 0 bridgehead atoms. The molecule has 0 fully saturated rings. The Bertz CT molecular complexity index is 603. The van der Waals surface area contributed by atoms with Crippen molar-refractivity contribution < 1.29 is 9.53 Å². The van der Waals surface area contributed by atoms with Gasteiger partial charge in [-0.15, -0.1) is 0 Å². The van der Waals surface area contributed by atoms with E-state index in [9.17, 15) is 4.79 Å². The molecule has 2 rings (SSSR count). The molecular weight excluding hydrogens is 214 g/mol. The van der Waals surface area contributed by atoms with E-state index in [1.165, 1.54) is 6.92 Å². The number of aromatic nitrogens is 1. The molecule has 0 unspecified atom stereocenters. The van der Waals surface area contributed by atoms with Crippen molar-refractivity contribution in [3.63, 3.8) is 0 Å². The van der Waals surface area contributed by atoms with Crippen LogP contribution >= 0.6 is 0 Å². The average molecular weight is 229 g/mol. The summed E-state index contributed by atoms with van der Waals surface area (Å²) in [6.45, 7) is 7.29. The van der Waals surface area contributed by atoms with E-state index < -0.39 is 0 Å². The topological polar surface area (TPSA) is 39.2 Å². The Hall–Kier alpha value is -1.90. The molecule has 1 aromatic heterocycles. The van der Waals surface area contributed by atoms with Crippen molar-refractivity contribution in [2.75, 3.05) is 0 Å². The van der Waals surface area contributed by atoms with Gasteiger partial charge >= 0.3 is 5.97 Å². The Morgan fingerprint density at radius 3 is 2.53 bits per heavy atom. The van der Waals surface area contributed by atoms with Crippen molar-refractivity contribution in [2.45, 2.75) is 27.7 Å². The van der Waals surface area contributed by atoms with Crippen molar-refractivity contribution in [2.24, 2.45) is 0 Å². The molecule has 1 aromatic carbocycles. The van der Waals surface area contributed by atoms with E-state index in [2.05, 4.69) is 4.98 Å². The minimum Gasteiger partial charge on any atom is -0.424 e. The van der Waals surface area contributed by atoms with Gasteiger partial charge in [-0.05, 0) is 38.0 Å². The standard InChI is InChI=1S/C14H15NO2/c1-8-7-9(2)14(17-11(4)16)13-12(8)6-5-10(3)15-13/h5-7H,1-4H3. The molecule has 0 aliphatic carbocycles. The zero-order valence-corrected chi connectivity index (χ0v) is 10.5. The number of hydrogen-bond donors (Lipinski definition) is 0. The number of pyridine rings is 1. The van der Waals surface area contributed by atoms with Crippen molar-refractivity contribution in [1.82, 2.24) is 4.98 Å². The normalized spacial score (nSPS) is 10.6. The summed E-state index contributed by atoms with van der Waals surface area (Å²) in [5, 5.41) is 1.03. The highest BCUT2D eigenvalue weighted by molar-refractivity contribution is 5.90. The molecule has 0 aliphatic rings. The summed E-state index contributed by atoms with van der Waals surface area (Å²) in [6.07, 6.45) is 0. The number of hydrogen-bond acceptors (Lipinski definition) is 3. The molecule has 0 radical (unpaired) electrons. The zero-order chi connectivity index (χ0) is 12.6. The first-order valence-electron chi connectivity index (χ1n) is 5.55. The third-order valence-electron chi connectivity index (χ3n) is 2.71. The zero-order valence-electron chi connectivity index (χ0n) is 10.5. The van der Waals surface area contributed by atoms with Gasteiger partial charge in [0.25, 0.3) is 0 Å².